The molecule has 0 aliphatic carbocycles. The van der Waals surface area contributed by atoms with Crippen LogP contribution in [0.5, 0.6) is 0 Å². The molecule has 1 aromatic carbocycles. The molecule has 0 spiro atoms. The van der Waals surface area contributed by atoms with E-state index in [9.17, 15) is 9.59 Å². The zero-order valence-corrected chi connectivity index (χ0v) is 10.3. The predicted octanol–water partition coefficient (Wildman–Crippen LogP) is 0.0492. The molecule has 2 aromatic rings. The molecule has 0 unspecified atom stereocenters. The number of rotatable bonds is 2. The van der Waals surface area contributed by atoms with Gasteiger partial charge in [-0.2, -0.15) is 5.26 Å². The van der Waals surface area contributed by atoms with Crippen LogP contribution in [0.3, 0.4) is 0 Å². The highest BCUT2D eigenvalue weighted by Crippen LogP contribution is 2.04. The predicted molar refractivity (Wildman–Crippen MR) is 70.6 cm³/mol. The van der Waals surface area contributed by atoms with Crippen LogP contribution in [0.25, 0.3) is 0 Å². The van der Waals surface area contributed by atoms with Gasteiger partial charge in [0, 0.05) is 13.2 Å². The van der Waals surface area contributed by atoms with Crippen molar-refractivity contribution in [1.29, 1.82) is 5.26 Å². The lowest BCUT2D eigenvalue weighted by Crippen LogP contribution is -2.39. The van der Waals surface area contributed by atoms with Crippen LogP contribution in [0.2, 0.25) is 0 Å². The minimum Gasteiger partial charge on any atom is -0.393 e. The molecule has 6 heteroatoms. The van der Waals surface area contributed by atoms with E-state index in [0.29, 0.717) is 5.56 Å². The number of aryl methyl sites for hydroxylation is 1. The number of benzene rings is 1. The highest BCUT2D eigenvalue weighted by Gasteiger charge is 2.07. The summed E-state index contributed by atoms with van der Waals surface area (Å²) in [6.45, 7) is 0.127. The Kier molecular flexibility index (Phi) is 3.21. The Bertz CT molecular complexity index is 729. The van der Waals surface area contributed by atoms with Gasteiger partial charge in [-0.1, -0.05) is 12.1 Å². The molecular formula is C13H12N4O2. The minimum absolute atomic E-state index is 0.0238. The Morgan fingerprint density at radius 3 is 2.47 bits per heavy atom. The number of hydrogen-bond acceptors (Lipinski definition) is 4. The normalized spacial score (nSPS) is 10.1. The van der Waals surface area contributed by atoms with Crippen LogP contribution in [0.1, 0.15) is 11.1 Å². The van der Waals surface area contributed by atoms with Crippen LogP contribution < -0.4 is 17.0 Å². The molecule has 0 atom stereocenters. The van der Waals surface area contributed by atoms with E-state index in [0.717, 1.165) is 10.1 Å². The quantitative estimate of drug-likeness (QED) is 0.821. The Balaban J connectivity index is 2.47. The van der Waals surface area contributed by atoms with E-state index in [4.69, 9.17) is 11.0 Å². The lowest BCUT2D eigenvalue weighted by molar-refractivity contribution is 0.643. The van der Waals surface area contributed by atoms with Crippen LogP contribution in [-0.4, -0.2) is 9.13 Å². The van der Waals surface area contributed by atoms with E-state index < -0.39 is 11.2 Å². The zero-order chi connectivity index (χ0) is 14.0. The number of nitrogens with zero attached hydrogens (tertiary/aromatic N) is 3. The first-order valence-corrected chi connectivity index (χ1v) is 5.58. The van der Waals surface area contributed by atoms with Crippen molar-refractivity contribution in [2.75, 3.05) is 5.73 Å². The van der Waals surface area contributed by atoms with Gasteiger partial charge in [-0.25, -0.2) is 4.79 Å². The molecule has 0 saturated heterocycles. The Hall–Kier alpha value is -2.81. The lowest BCUT2D eigenvalue weighted by atomic mass is 10.1. The molecule has 6 nitrogen and oxygen atoms in total. The minimum atomic E-state index is -0.507. The molecule has 96 valence electrons. The fraction of sp³-hybridized carbons (Fsp3) is 0.154. The second-order valence-electron chi connectivity index (χ2n) is 4.18. The summed E-state index contributed by atoms with van der Waals surface area (Å²) in [6.07, 6.45) is 1.31. The van der Waals surface area contributed by atoms with E-state index in [1.54, 1.807) is 24.3 Å². The number of aromatic nitrogens is 2. The third-order valence-corrected chi connectivity index (χ3v) is 2.78. The molecule has 0 aliphatic rings. The van der Waals surface area contributed by atoms with E-state index in [-0.39, 0.29) is 12.2 Å². The van der Waals surface area contributed by atoms with Crippen LogP contribution in [0.15, 0.2) is 40.1 Å². The molecule has 0 radical (unpaired) electrons. The van der Waals surface area contributed by atoms with Gasteiger partial charge in [0.25, 0.3) is 5.56 Å². The molecule has 0 amide bonds. The molecule has 1 heterocycles. The second-order valence-corrected chi connectivity index (χ2v) is 4.18. The van der Waals surface area contributed by atoms with Gasteiger partial charge in [0.2, 0.25) is 0 Å². The van der Waals surface area contributed by atoms with Crippen molar-refractivity contribution >= 4 is 5.69 Å². The van der Waals surface area contributed by atoms with E-state index in [2.05, 4.69) is 0 Å². The highest BCUT2D eigenvalue weighted by atomic mass is 16.2. The van der Waals surface area contributed by atoms with Crippen molar-refractivity contribution in [3.05, 3.63) is 62.4 Å². The first kappa shape index (κ1) is 12.6. The summed E-state index contributed by atoms with van der Waals surface area (Å²) in [4.78, 5) is 23.7. The molecule has 0 saturated carbocycles. The molecular weight excluding hydrogens is 244 g/mol. The average molecular weight is 256 g/mol. The molecule has 2 rings (SSSR count). The van der Waals surface area contributed by atoms with E-state index in [1.165, 1.54) is 17.8 Å². The molecule has 2 N–H and O–H groups in total. The maximum atomic E-state index is 11.9. The van der Waals surface area contributed by atoms with Crippen molar-refractivity contribution < 1.29 is 0 Å². The van der Waals surface area contributed by atoms with Gasteiger partial charge in [-0.3, -0.25) is 9.36 Å². The molecule has 19 heavy (non-hydrogen) atoms. The molecule has 0 aliphatic heterocycles. The summed E-state index contributed by atoms with van der Waals surface area (Å²) in [5.41, 5.74) is 5.92. The maximum absolute atomic E-state index is 11.9. The monoisotopic (exact) mass is 256 g/mol. The van der Waals surface area contributed by atoms with Crippen molar-refractivity contribution in [1.82, 2.24) is 9.13 Å². The lowest BCUT2D eigenvalue weighted by Gasteiger charge is -2.08. The van der Waals surface area contributed by atoms with Crippen LogP contribution in [0, 0.1) is 11.3 Å². The summed E-state index contributed by atoms with van der Waals surface area (Å²) in [6, 6.07) is 8.68. The third kappa shape index (κ3) is 2.40. The summed E-state index contributed by atoms with van der Waals surface area (Å²) in [5.74, 6) is 0. The smallest absolute Gasteiger partial charge is 0.331 e. The number of anilines is 1. The maximum Gasteiger partial charge on any atom is 0.331 e. The zero-order valence-electron chi connectivity index (χ0n) is 10.3. The SMILES string of the molecule is Cn1cc(N)c(=O)n(Cc2ccc(C#N)cc2)c1=O. The number of hydrogen-bond donors (Lipinski definition) is 1. The Morgan fingerprint density at radius 1 is 1.26 bits per heavy atom. The molecule has 0 bridgehead atoms. The largest absolute Gasteiger partial charge is 0.393 e. The fourth-order valence-electron chi connectivity index (χ4n) is 1.76. The summed E-state index contributed by atoms with van der Waals surface area (Å²) < 4.78 is 2.33. The average Bonchev–Trinajstić information content (AvgIpc) is 2.42. The number of nitrogens with two attached hydrogens (primary N) is 1. The third-order valence-electron chi connectivity index (χ3n) is 2.78. The van der Waals surface area contributed by atoms with Gasteiger partial charge in [0.15, 0.2) is 0 Å². The van der Waals surface area contributed by atoms with Crippen molar-refractivity contribution in [3.8, 4) is 6.07 Å². The van der Waals surface area contributed by atoms with Gasteiger partial charge in [0.1, 0.15) is 5.69 Å². The van der Waals surface area contributed by atoms with E-state index >= 15 is 0 Å². The Labute approximate surface area is 108 Å². The summed E-state index contributed by atoms with van der Waals surface area (Å²) >= 11 is 0. The van der Waals surface area contributed by atoms with Crippen LogP contribution in [-0.2, 0) is 13.6 Å². The first-order chi connectivity index (χ1) is 9.02. The highest BCUT2D eigenvalue weighted by molar-refractivity contribution is 5.33. The van der Waals surface area contributed by atoms with Gasteiger partial charge >= 0.3 is 5.69 Å². The van der Waals surface area contributed by atoms with Crippen molar-refractivity contribution in [2.45, 2.75) is 6.54 Å². The summed E-state index contributed by atoms with van der Waals surface area (Å²) in [7, 11) is 1.54. The number of nitrogen functional groups attached to an aromatic ring is 1. The first-order valence-electron chi connectivity index (χ1n) is 5.58. The van der Waals surface area contributed by atoms with Gasteiger partial charge < -0.3 is 10.3 Å². The van der Waals surface area contributed by atoms with E-state index in [1.807, 2.05) is 6.07 Å². The second kappa shape index (κ2) is 4.82. The van der Waals surface area contributed by atoms with Crippen molar-refractivity contribution in [2.24, 2.45) is 7.05 Å². The standard InChI is InChI=1S/C13H12N4O2/c1-16-8-11(15)12(18)17(13(16)19)7-10-4-2-9(6-14)3-5-10/h2-5,8H,7,15H2,1H3. The Morgan fingerprint density at radius 2 is 1.89 bits per heavy atom. The van der Waals surface area contributed by atoms with Gasteiger partial charge in [0.05, 0.1) is 18.2 Å². The molecule has 0 fully saturated rings. The molecule has 1 aromatic heterocycles. The van der Waals surface area contributed by atoms with Gasteiger partial charge in [-0.15, -0.1) is 0 Å². The van der Waals surface area contributed by atoms with Crippen LogP contribution in [0.4, 0.5) is 5.69 Å². The summed E-state index contributed by atoms with van der Waals surface area (Å²) in [5, 5.41) is 8.70. The number of nitriles is 1. The topological polar surface area (TPSA) is 93.8 Å². The van der Waals surface area contributed by atoms with Gasteiger partial charge in [-0.05, 0) is 17.7 Å². The fourth-order valence-corrected chi connectivity index (χ4v) is 1.76. The van der Waals surface area contributed by atoms with Crippen molar-refractivity contribution in [3.63, 3.8) is 0 Å². The van der Waals surface area contributed by atoms with Crippen LogP contribution >= 0.6 is 0 Å².